The standard InChI is InChI=1S/C13H19NO/c15-10-12-7-3-4-8-13(12)14-9-11-5-1-2-6-11/h3-4,7-8,11,14-15H,1-2,5-6,9-10H2. The molecule has 1 fully saturated rings. The maximum Gasteiger partial charge on any atom is 0.0701 e. The zero-order valence-corrected chi connectivity index (χ0v) is 9.08. The molecule has 0 bridgehead atoms. The fourth-order valence-electron chi connectivity index (χ4n) is 2.30. The van der Waals surface area contributed by atoms with Gasteiger partial charge in [0.25, 0.3) is 0 Å². The number of anilines is 1. The third kappa shape index (κ3) is 2.72. The maximum absolute atomic E-state index is 9.17. The lowest BCUT2D eigenvalue weighted by atomic mass is 10.1. The molecule has 1 aliphatic rings. The molecule has 0 spiro atoms. The molecular weight excluding hydrogens is 186 g/mol. The summed E-state index contributed by atoms with van der Waals surface area (Å²) < 4.78 is 0. The van der Waals surface area contributed by atoms with Gasteiger partial charge in [-0.05, 0) is 24.8 Å². The van der Waals surface area contributed by atoms with E-state index < -0.39 is 0 Å². The second-order valence-electron chi connectivity index (χ2n) is 4.35. The molecular formula is C13H19NO. The van der Waals surface area contributed by atoms with Gasteiger partial charge in [0.15, 0.2) is 0 Å². The summed E-state index contributed by atoms with van der Waals surface area (Å²) in [5.41, 5.74) is 2.09. The van der Waals surface area contributed by atoms with E-state index in [9.17, 15) is 5.11 Å². The first-order valence-corrected chi connectivity index (χ1v) is 5.83. The smallest absolute Gasteiger partial charge is 0.0701 e. The van der Waals surface area contributed by atoms with Gasteiger partial charge in [0.05, 0.1) is 6.61 Å². The van der Waals surface area contributed by atoms with Crippen molar-refractivity contribution >= 4 is 5.69 Å². The SMILES string of the molecule is OCc1ccccc1NCC1CCCC1. The molecule has 2 nitrogen and oxygen atoms in total. The average Bonchev–Trinajstić information content (AvgIpc) is 2.79. The number of hydrogen-bond donors (Lipinski definition) is 2. The van der Waals surface area contributed by atoms with Crippen LogP contribution in [0.5, 0.6) is 0 Å². The molecule has 2 heteroatoms. The first-order chi connectivity index (χ1) is 7.40. The van der Waals surface area contributed by atoms with Crippen LogP contribution in [0.1, 0.15) is 31.2 Å². The van der Waals surface area contributed by atoms with E-state index >= 15 is 0 Å². The van der Waals surface area contributed by atoms with Crippen LogP contribution in [0, 0.1) is 5.92 Å². The van der Waals surface area contributed by atoms with Crippen LogP contribution in [0.2, 0.25) is 0 Å². The summed E-state index contributed by atoms with van der Waals surface area (Å²) in [7, 11) is 0. The minimum atomic E-state index is 0.119. The Kier molecular flexibility index (Phi) is 3.62. The quantitative estimate of drug-likeness (QED) is 0.792. The Morgan fingerprint density at radius 3 is 2.67 bits per heavy atom. The zero-order valence-electron chi connectivity index (χ0n) is 9.08. The van der Waals surface area contributed by atoms with Crippen molar-refractivity contribution < 1.29 is 5.11 Å². The van der Waals surface area contributed by atoms with E-state index in [-0.39, 0.29) is 6.61 Å². The first kappa shape index (κ1) is 10.5. The van der Waals surface area contributed by atoms with Crippen LogP contribution in [0.25, 0.3) is 0 Å². The summed E-state index contributed by atoms with van der Waals surface area (Å²) >= 11 is 0. The van der Waals surface area contributed by atoms with Crippen molar-refractivity contribution in [2.75, 3.05) is 11.9 Å². The molecule has 1 saturated carbocycles. The Labute approximate surface area is 91.3 Å². The molecule has 0 aliphatic heterocycles. The number of para-hydroxylation sites is 1. The Morgan fingerprint density at radius 1 is 1.20 bits per heavy atom. The second kappa shape index (κ2) is 5.17. The Bertz CT molecular complexity index is 305. The third-order valence-electron chi connectivity index (χ3n) is 3.24. The number of benzene rings is 1. The highest BCUT2D eigenvalue weighted by Crippen LogP contribution is 2.25. The highest BCUT2D eigenvalue weighted by atomic mass is 16.3. The van der Waals surface area contributed by atoms with Crippen LogP contribution < -0.4 is 5.32 Å². The lowest BCUT2D eigenvalue weighted by Gasteiger charge is -2.14. The maximum atomic E-state index is 9.17. The van der Waals surface area contributed by atoms with Crippen LogP contribution in [-0.4, -0.2) is 11.7 Å². The fraction of sp³-hybridized carbons (Fsp3) is 0.538. The topological polar surface area (TPSA) is 32.3 Å². The monoisotopic (exact) mass is 205 g/mol. The van der Waals surface area contributed by atoms with E-state index in [0.29, 0.717) is 0 Å². The lowest BCUT2D eigenvalue weighted by Crippen LogP contribution is -2.12. The van der Waals surface area contributed by atoms with Gasteiger partial charge in [-0.2, -0.15) is 0 Å². The average molecular weight is 205 g/mol. The van der Waals surface area contributed by atoms with Crippen molar-refractivity contribution in [3.63, 3.8) is 0 Å². The number of nitrogens with one attached hydrogen (secondary N) is 1. The predicted octanol–water partition coefficient (Wildman–Crippen LogP) is 2.78. The first-order valence-electron chi connectivity index (χ1n) is 5.83. The molecule has 0 saturated heterocycles. The molecule has 1 aromatic rings. The molecule has 2 N–H and O–H groups in total. The zero-order chi connectivity index (χ0) is 10.5. The molecule has 0 aromatic heterocycles. The Morgan fingerprint density at radius 2 is 1.93 bits per heavy atom. The van der Waals surface area contributed by atoms with Gasteiger partial charge in [-0.15, -0.1) is 0 Å². The number of aliphatic hydroxyl groups excluding tert-OH is 1. The Balaban J connectivity index is 1.91. The van der Waals surface area contributed by atoms with E-state index in [1.54, 1.807) is 0 Å². The highest BCUT2D eigenvalue weighted by molar-refractivity contribution is 5.50. The van der Waals surface area contributed by atoms with Gasteiger partial charge in [0.1, 0.15) is 0 Å². The molecule has 0 amide bonds. The summed E-state index contributed by atoms with van der Waals surface area (Å²) in [4.78, 5) is 0. The van der Waals surface area contributed by atoms with Gasteiger partial charge >= 0.3 is 0 Å². The summed E-state index contributed by atoms with van der Waals surface area (Å²) in [6, 6.07) is 7.99. The van der Waals surface area contributed by atoms with Gasteiger partial charge in [-0.25, -0.2) is 0 Å². The van der Waals surface area contributed by atoms with Crippen LogP contribution in [0.15, 0.2) is 24.3 Å². The molecule has 0 heterocycles. The van der Waals surface area contributed by atoms with Crippen LogP contribution in [-0.2, 0) is 6.61 Å². The van der Waals surface area contributed by atoms with Crippen molar-refractivity contribution in [3.8, 4) is 0 Å². The largest absolute Gasteiger partial charge is 0.392 e. The van der Waals surface area contributed by atoms with Crippen molar-refractivity contribution in [2.45, 2.75) is 32.3 Å². The van der Waals surface area contributed by atoms with E-state index in [1.807, 2.05) is 24.3 Å². The van der Waals surface area contributed by atoms with Crippen LogP contribution in [0.3, 0.4) is 0 Å². The van der Waals surface area contributed by atoms with Gasteiger partial charge < -0.3 is 10.4 Å². The lowest BCUT2D eigenvalue weighted by molar-refractivity contribution is 0.282. The van der Waals surface area contributed by atoms with E-state index in [1.165, 1.54) is 25.7 Å². The van der Waals surface area contributed by atoms with E-state index in [4.69, 9.17) is 0 Å². The third-order valence-corrected chi connectivity index (χ3v) is 3.24. The van der Waals surface area contributed by atoms with E-state index in [0.717, 1.165) is 23.7 Å². The molecule has 15 heavy (non-hydrogen) atoms. The minimum Gasteiger partial charge on any atom is -0.392 e. The molecule has 2 rings (SSSR count). The fourth-order valence-corrected chi connectivity index (χ4v) is 2.30. The minimum absolute atomic E-state index is 0.119. The highest BCUT2D eigenvalue weighted by Gasteiger charge is 2.14. The van der Waals surface area contributed by atoms with Gasteiger partial charge in [0, 0.05) is 17.8 Å². The van der Waals surface area contributed by atoms with Crippen molar-refractivity contribution in [3.05, 3.63) is 29.8 Å². The van der Waals surface area contributed by atoms with Gasteiger partial charge in [-0.3, -0.25) is 0 Å². The summed E-state index contributed by atoms with van der Waals surface area (Å²) in [5, 5.41) is 12.6. The normalized spacial score (nSPS) is 16.9. The van der Waals surface area contributed by atoms with Crippen molar-refractivity contribution in [1.82, 2.24) is 0 Å². The predicted molar refractivity (Wildman–Crippen MR) is 62.8 cm³/mol. The van der Waals surface area contributed by atoms with Crippen molar-refractivity contribution in [2.24, 2.45) is 5.92 Å². The summed E-state index contributed by atoms with van der Waals surface area (Å²) in [6.07, 6.45) is 5.48. The second-order valence-corrected chi connectivity index (χ2v) is 4.35. The molecule has 0 radical (unpaired) electrons. The van der Waals surface area contributed by atoms with Gasteiger partial charge in [-0.1, -0.05) is 31.0 Å². The molecule has 1 aromatic carbocycles. The molecule has 0 atom stereocenters. The van der Waals surface area contributed by atoms with E-state index in [2.05, 4.69) is 5.32 Å². The Hall–Kier alpha value is -1.02. The van der Waals surface area contributed by atoms with Gasteiger partial charge in [0.2, 0.25) is 0 Å². The van der Waals surface area contributed by atoms with Crippen molar-refractivity contribution in [1.29, 1.82) is 0 Å². The van der Waals surface area contributed by atoms with Crippen LogP contribution in [0.4, 0.5) is 5.69 Å². The number of hydrogen-bond acceptors (Lipinski definition) is 2. The molecule has 82 valence electrons. The molecule has 1 aliphatic carbocycles. The molecule has 0 unspecified atom stereocenters. The van der Waals surface area contributed by atoms with Crippen LogP contribution >= 0.6 is 0 Å². The summed E-state index contributed by atoms with van der Waals surface area (Å²) in [5.74, 6) is 0.830. The number of rotatable bonds is 4. The number of aliphatic hydroxyl groups is 1. The summed E-state index contributed by atoms with van der Waals surface area (Å²) in [6.45, 7) is 1.17.